The second-order valence-corrected chi connectivity index (χ2v) is 10.7. The number of carbonyl (C=O) groups excluding carboxylic acids is 1. The van der Waals surface area contributed by atoms with E-state index in [1.165, 1.54) is 28.6 Å². The fourth-order valence-corrected chi connectivity index (χ4v) is 5.91. The second kappa shape index (κ2) is 10.5. The maximum Gasteiger partial charge on any atom is 0.226 e. The lowest BCUT2D eigenvalue weighted by Gasteiger charge is -2.32. The molecule has 2 fully saturated rings. The molecule has 0 bridgehead atoms. The van der Waals surface area contributed by atoms with E-state index >= 15 is 0 Å². The summed E-state index contributed by atoms with van der Waals surface area (Å²) in [5.41, 5.74) is 6.00. The highest BCUT2D eigenvalue weighted by Gasteiger charge is 2.24. The van der Waals surface area contributed by atoms with Crippen molar-refractivity contribution in [1.29, 1.82) is 0 Å². The number of rotatable bonds is 6. The normalized spacial score (nSPS) is 18.9. The molecule has 2 aliphatic heterocycles. The van der Waals surface area contributed by atoms with Crippen molar-refractivity contribution in [2.75, 3.05) is 19.7 Å². The average Bonchev–Trinajstić information content (AvgIpc) is 3.55. The molecule has 6 rings (SSSR count). The van der Waals surface area contributed by atoms with Crippen LogP contribution in [0.1, 0.15) is 49.6 Å². The molecule has 192 valence electrons. The Morgan fingerprint density at radius 2 is 1.84 bits per heavy atom. The molecule has 0 radical (unpaired) electrons. The summed E-state index contributed by atoms with van der Waals surface area (Å²) in [6.45, 7) is 5.74. The predicted octanol–water partition coefficient (Wildman–Crippen LogP) is 5.99. The van der Waals surface area contributed by atoms with Crippen LogP contribution in [-0.2, 0) is 22.5 Å². The molecule has 2 saturated heterocycles. The number of fused-ring (bicyclic) bond motifs is 1. The van der Waals surface area contributed by atoms with Gasteiger partial charge in [0.05, 0.1) is 12.6 Å². The number of carbonyl (C=O) groups is 1. The van der Waals surface area contributed by atoms with E-state index in [9.17, 15) is 4.79 Å². The highest BCUT2D eigenvalue weighted by atomic mass is 16.5. The van der Waals surface area contributed by atoms with Crippen molar-refractivity contribution >= 4 is 16.8 Å². The summed E-state index contributed by atoms with van der Waals surface area (Å²) in [6.07, 6.45) is 10.1. The molecule has 0 spiro atoms. The van der Waals surface area contributed by atoms with Gasteiger partial charge in [-0.25, -0.2) is 4.68 Å². The van der Waals surface area contributed by atoms with E-state index in [4.69, 9.17) is 4.74 Å². The van der Waals surface area contributed by atoms with Crippen LogP contribution in [0, 0.1) is 12.8 Å². The fraction of sp³-hybridized carbons (Fsp3) is 0.419. The molecule has 0 aliphatic carbocycles. The Hall–Kier alpha value is -3.38. The SMILES string of the molecule is Cc1cc2cc(-c3cnn(C4CCCCO4)c3)ccc2n1CC1CCN(C(=O)Cc2ccccc2)CC1. The van der Waals surface area contributed by atoms with Gasteiger partial charge < -0.3 is 14.2 Å². The Labute approximate surface area is 218 Å². The van der Waals surface area contributed by atoms with E-state index in [-0.39, 0.29) is 12.1 Å². The summed E-state index contributed by atoms with van der Waals surface area (Å²) >= 11 is 0. The van der Waals surface area contributed by atoms with Gasteiger partial charge in [0.25, 0.3) is 0 Å². The molecule has 2 aromatic carbocycles. The summed E-state index contributed by atoms with van der Waals surface area (Å²) in [5.74, 6) is 0.835. The van der Waals surface area contributed by atoms with E-state index in [2.05, 4.69) is 52.0 Å². The zero-order valence-corrected chi connectivity index (χ0v) is 21.7. The lowest BCUT2D eigenvalue weighted by molar-refractivity contribution is -0.131. The highest BCUT2D eigenvalue weighted by molar-refractivity contribution is 5.86. The van der Waals surface area contributed by atoms with E-state index in [1.807, 2.05) is 41.2 Å². The summed E-state index contributed by atoms with van der Waals surface area (Å²) in [4.78, 5) is 14.8. The average molecular weight is 497 g/mol. The molecule has 4 heterocycles. The summed E-state index contributed by atoms with van der Waals surface area (Å²) in [7, 11) is 0. The first kappa shape index (κ1) is 24.0. The van der Waals surface area contributed by atoms with Crippen molar-refractivity contribution in [2.24, 2.45) is 5.92 Å². The second-order valence-electron chi connectivity index (χ2n) is 10.7. The number of benzene rings is 2. The molecular weight excluding hydrogens is 460 g/mol. The first-order valence-electron chi connectivity index (χ1n) is 13.7. The van der Waals surface area contributed by atoms with Gasteiger partial charge in [0.1, 0.15) is 6.23 Å². The van der Waals surface area contributed by atoms with Crippen molar-refractivity contribution in [3.8, 4) is 11.1 Å². The first-order valence-corrected chi connectivity index (χ1v) is 13.7. The third-order valence-electron chi connectivity index (χ3n) is 8.10. The summed E-state index contributed by atoms with van der Waals surface area (Å²) in [6, 6.07) is 19.1. The molecule has 2 aliphatic rings. The van der Waals surface area contributed by atoms with Crippen LogP contribution in [0.3, 0.4) is 0 Å². The number of hydrogen-bond donors (Lipinski definition) is 0. The molecule has 0 saturated carbocycles. The van der Waals surface area contributed by atoms with Crippen molar-refractivity contribution < 1.29 is 9.53 Å². The van der Waals surface area contributed by atoms with Gasteiger partial charge in [0.15, 0.2) is 0 Å². The largest absolute Gasteiger partial charge is 0.357 e. The third-order valence-corrected chi connectivity index (χ3v) is 8.10. The topological polar surface area (TPSA) is 52.3 Å². The molecular formula is C31H36N4O2. The lowest BCUT2D eigenvalue weighted by atomic mass is 9.96. The lowest BCUT2D eigenvalue weighted by Crippen LogP contribution is -2.40. The van der Waals surface area contributed by atoms with Gasteiger partial charge in [-0.15, -0.1) is 0 Å². The van der Waals surface area contributed by atoms with Gasteiger partial charge in [-0.3, -0.25) is 4.79 Å². The molecule has 1 atom stereocenters. The standard InChI is InChI=1S/C31H36N4O2/c1-23-17-27-19-26(28-20-32-35(22-28)31-9-5-6-16-37-31)10-11-29(27)34(23)21-25-12-14-33(15-13-25)30(36)18-24-7-3-2-4-8-24/h2-4,7-8,10-11,17,19-20,22,25,31H,5-6,9,12-16,18,21H2,1H3. The van der Waals surface area contributed by atoms with Crippen LogP contribution < -0.4 is 0 Å². The number of aromatic nitrogens is 3. The predicted molar refractivity (Wildman–Crippen MR) is 146 cm³/mol. The number of hydrogen-bond acceptors (Lipinski definition) is 3. The van der Waals surface area contributed by atoms with Gasteiger partial charge in [-0.05, 0) is 74.3 Å². The van der Waals surface area contributed by atoms with Gasteiger partial charge >= 0.3 is 0 Å². The quantitative estimate of drug-likeness (QED) is 0.329. The third kappa shape index (κ3) is 5.21. The van der Waals surface area contributed by atoms with Crippen molar-refractivity contribution in [3.05, 3.63) is 78.2 Å². The number of likely N-dealkylation sites (tertiary alicyclic amines) is 1. The number of nitrogens with zero attached hydrogens (tertiary/aromatic N) is 4. The number of ether oxygens (including phenoxy) is 1. The molecule has 1 amide bonds. The summed E-state index contributed by atoms with van der Waals surface area (Å²) < 4.78 is 10.3. The van der Waals surface area contributed by atoms with E-state index < -0.39 is 0 Å². The number of aryl methyl sites for hydroxylation is 1. The van der Waals surface area contributed by atoms with Gasteiger partial charge in [0.2, 0.25) is 5.91 Å². The minimum atomic E-state index is 0.0645. The molecule has 37 heavy (non-hydrogen) atoms. The first-order chi connectivity index (χ1) is 18.1. The van der Waals surface area contributed by atoms with Crippen molar-refractivity contribution in [2.45, 2.75) is 58.2 Å². The number of amides is 1. The molecule has 6 heteroatoms. The van der Waals surface area contributed by atoms with Gasteiger partial charge in [-0.2, -0.15) is 5.10 Å². The molecule has 2 aromatic heterocycles. The molecule has 0 N–H and O–H groups in total. The molecule has 6 nitrogen and oxygen atoms in total. The maximum atomic E-state index is 12.8. The molecule has 1 unspecified atom stereocenters. The van der Waals surface area contributed by atoms with E-state index in [0.717, 1.165) is 63.1 Å². The smallest absolute Gasteiger partial charge is 0.226 e. The van der Waals surface area contributed by atoms with Crippen LogP contribution in [-0.4, -0.2) is 44.9 Å². The van der Waals surface area contributed by atoms with Gasteiger partial charge in [-0.1, -0.05) is 36.4 Å². The Kier molecular flexibility index (Phi) is 6.83. The van der Waals surface area contributed by atoms with Crippen LogP contribution in [0.4, 0.5) is 0 Å². The number of piperidine rings is 1. The van der Waals surface area contributed by atoms with E-state index in [1.54, 1.807) is 0 Å². The monoisotopic (exact) mass is 496 g/mol. The van der Waals surface area contributed by atoms with Gasteiger partial charge in [0, 0.05) is 54.6 Å². The zero-order valence-electron chi connectivity index (χ0n) is 21.7. The van der Waals surface area contributed by atoms with Crippen LogP contribution in [0.5, 0.6) is 0 Å². The van der Waals surface area contributed by atoms with E-state index in [0.29, 0.717) is 12.3 Å². The Morgan fingerprint density at radius 3 is 2.62 bits per heavy atom. The minimum Gasteiger partial charge on any atom is -0.357 e. The highest BCUT2D eigenvalue weighted by Crippen LogP contribution is 2.30. The Balaban J connectivity index is 1.10. The van der Waals surface area contributed by atoms with Crippen LogP contribution in [0.25, 0.3) is 22.0 Å². The summed E-state index contributed by atoms with van der Waals surface area (Å²) in [5, 5.41) is 5.87. The van der Waals surface area contributed by atoms with Crippen LogP contribution in [0.15, 0.2) is 67.0 Å². The van der Waals surface area contributed by atoms with Crippen molar-refractivity contribution in [3.63, 3.8) is 0 Å². The molecule has 4 aromatic rings. The minimum absolute atomic E-state index is 0.0645. The van der Waals surface area contributed by atoms with Crippen molar-refractivity contribution in [1.82, 2.24) is 19.2 Å². The Morgan fingerprint density at radius 1 is 1.00 bits per heavy atom. The zero-order chi connectivity index (χ0) is 25.2. The Bertz CT molecular complexity index is 1360. The maximum absolute atomic E-state index is 12.8. The van der Waals surface area contributed by atoms with Crippen LogP contribution in [0.2, 0.25) is 0 Å². The fourth-order valence-electron chi connectivity index (χ4n) is 5.91. The van der Waals surface area contributed by atoms with Crippen LogP contribution >= 0.6 is 0 Å².